The number of halogens is 1. The highest BCUT2D eigenvalue weighted by Crippen LogP contribution is 2.47. The first-order valence-electron chi connectivity index (χ1n) is 9.92. The van der Waals surface area contributed by atoms with Gasteiger partial charge in [-0.2, -0.15) is 0 Å². The van der Waals surface area contributed by atoms with Gasteiger partial charge >= 0.3 is 0 Å². The van der Waals surface area contributed by atoms with Crippen LogP contribution in [0.25, 0.3) is 0 Å². The summed E-state index contributed by atoms with van der Waals surface area (Å²) in [6, 6.07) is 10.1. The monoisotopic (exact) mass is 401 g/mol. The molecule has 2 saturated heterocycles. The highest BCUT2D eigenvalue weighted by molar-refractivity contribution is 6.32. The van der Waals surface area contributed by atoms with E-state index in [0.717, 1.165) is 36.1 Å². The van der Waals surface area contributed by atoms with Crippen LogP contribution in [0.1, 0.15) is 47.9 Å². The number of piperidine rings is 1. The first kappa shape index (κ1) is 19.6. The van der Waals surface area contributed by atoms with E-state index in [1.807, 2.05) is 31.2 Å². The molecule has 4 nitrogen and oxygen atoms in total. The second kappa shape index (κ2) is 7.25. The van der Waals surface area contributed by atoms with Crippen molar-refractivity contribution < 1.29 is 14.9 Å². The Bertz CT molecular complexity index is 884. The van der Waals surface area contributed by atoms with Crippen molar-refractivity contribution in [1.29, 1.82) is 0 Å². The minimum atomic E-state index is -0.847. The van der Waals surface area contributed by atoms with E-state index < -0.39 is 5.60 Å². The summed E-state index contributed by atoms with van der Waals surface area (Å²) in [4.78, 5) is 2.54. The number of nitrogens with zero attached hydrogens (tertiary/aromatic N) is 1. The van der Waals surface area contributed by atoms with Crippen molar-refractivity contribution in [2.24, 2.45) is 0 Å². The maximum absolute atomic E-state index is 11.5. The molecule has 0 aliphatic carbocycles. The number of hydrogen-bond acceptors (Lipinski definition) is 4. The molecule has 0 saturated carbocycles. The Hall–Kier alpha value is -1.75. The minimum Gasteiger partial charge on any atom is -0.508 e. The molecule has 2 fully saturated rings. The average Bonchev–Trinajstić information content (AvgIpc) is 2.92. The summed E-state index contributed by atoms with van der Waals surface area (Å²) >= 11 is 6.17. The van der Waals surface area contributed by atoms with Gasteiger partial charge in [-0.15, -0.1) is 0 Å². The van der Waals surface area contributed by atoms with E-state index >= 15 is 0 Å². The van der Waals surface area contributed by atoms with Crippen molar-refractivity contribution >= 4 is 11.6 Å². The van der Waals surface area contributed by atoms with Crippen molar-refractivity contribution in [1.82, 2.24) is 4.90 Å². The van der Waals surface area contributed by atoms with Crippen LogP contribution < -0.4 is 4.74 Å². The molecule has 4 rings (SSSR count). The van der Waals surface area contributed by atoms with E-state index in [2.05, 4.69) is 11.8 Å². The second-order valence-corrected chi connectivity index (χ2v) is 8.75. The Labute approximate surface area is 171 Å². The molecule has 28 heavy (non-hydrogen) atoms. The van der Waals surface area contributed by atoms with Crippen LogP contribution in [0.4, 0.5) is 0 Å². The summed E-state index contributed by atoms with van der Waals surface area (Å²) in [6.45, 7) is 4.90. The quantitative estimate of drug-likeness (QED) is 0.780. The summed E-state index contributed by atoms with van der Waals surface area (Å²) in [5, 5.41) is 22.0. The molecule has 0 radical (unpaired) electrons. The Morgan fingerprint density at radius 3 is 2.43 bits per heavy atom. The largest absolute Gasteiger partial charge is 0.508 e. The fourth-order valence-corrected chi connectivity index (χ4v) is 5.18. The van der Waals surface area contributed by atoms with Crippen LogP contribution >= 0.6 is 11.6 Å². The average molecular weight is 402 g/mol. The van der Waals surface area contributed by atoms with Gasteiger partial charge in [0.1, 0.15) is 11.5 Å². The molecule has 2 aliphatic rings. The first-order chi connectivity index (χ1) is 13.3. The zero-order valence-corrected chi connectivity index (χ0v) is 17.5. The van der Waals surface area contributed by atoms with Gasteiger partial charge in [-0.1, -0.05) is 23.7 Å². The van der Waals surface area contributed by atoms with Crippen LogP contribution in [0.2, 0.25) is 5.02 Å². The summed E-state index contributed by atoms with van der Waals surface area (Å²) < 4.78 is 5.35. The highest BCUT2D eigenvalue weighted by atomic mass is 35.5. The van der Waals surface area contributed by atoms with Gasteiger partial charge in [-0.3, -0.25) is 4.90 Å². The number of aromatic hydroxyl groups is 1. The topological polar surface area (TPSA) is 52.9 Å². The van der Waals surface area contributed by atoms with Crippen molar-refractivity contribution in [3.63, 3.8) is 0 Å². The SMILES string of the molecule is COc1cc(C2(O)CC3CCC(C2)N3Cc2ccc(O)c(C)c2C)ccc1Cl. The molecule has 2 unspecified atom stereocenters. The molecule has 2 bridgehead atoms. The molecular formula is C23H28ClNO3. The molecule has 2 aromatic carbocycles. The Morgan fingerprint density at radius 1 is 1.11 bits per heavy atom. The highest BCUT2D eigenvalue weighted by Gasteiger charge is 2.48. The maximum atomic E-state index is 11.5. The van der Waals surface area contributed by atoms with Crippen molar-refractivity contribution in [2.45, 2.75) is 63.8 Å². The van der Waals surface area contributed by atoms with E-state index in [-0.39, 0.29) is 0 Å². The van der Waals surface area contributed by atoms with Crippen LogP contribution in [-0.4, -0.2) is 34.3 Å². The van der Waals surface area contributed by atoms with Crippen molar-refractivity contribution in [3.05, 3.63) is 57.6 Å². The predicted molar refractivity (Wildman–Crippen MR) is 111 cm³/mol. The lowest BCUT2D eigenvalue weighted by molar-refractivity contribution is -0.0596. The van der Waals surface area contributed by atoms with Crippen LogP contribution in [0.15, 0.2) is 30.3 Å². The van der Waals surface area contributed by atoms with Crippen LogP contribution in [-0.2, 0) is 12.1 Å². The summed E-state index contributed by atoms with van der Waals surface area (Å²) in [6.07, 6.45) is 3.64. The van der Waals surface area contributed by atoms with Gasteiger partial charge in [0.05, 0.1) is 17.7 Å². The van der Waals surface area contributed by atoms with Gasteiger partial charge in [0.25, 0.3) is 0 Å². The molecule has 0 amide bonds. The number of aliphatic hydroxyl groups is 1. The van der Waals surface area contributed by atoms with Crippen molar-refractivity contribution in [3.8, 4) is 11.5 Å². The standard InChI is InChI=1S/C23H28ClNO3/c1-14-15(2)21(26)9-4-16(14)13-25-18-6-7-19(25)12-23(27,11-18)17-5-8-20(24)22(10-17)28-3/h4-5,8-10,18-19,26-27H,6-7,11-13H2,1-3H3. The lowest BCUT2D eigenvalue weighted by Gasteiger charge is -2.44. The Morgan fingerprint density at radius 2 is 1.79 bits per heavy atom. The third-order valence-electron chi connectivity index (χ3n) is 6.83. The third-order valence-corrected chi connectivity index (χ3v) is 7.14. The number of rotatable bonds is 4. The molecule has 0 aromatic heterocycles. The zero-order chi connectivity index (χ0) is 20.1. The number of methoxy groups -OCH3 is 1. The molecule has 2 aliphatic heterocycles. The minimum absolute atomic E-state index is 0.346. The van der Waals surface area contributed by atoms with E-state index in [1.54, 1.807) is 13.2 Å². The Balaban J connectivity index is 1.57. The van der Waals surface area contributed by atoms with Crippen LogP contribution in [0, 0.1) is 13.8 Å². The van der Waals surface area contributed by atoms with Crippen LogP contribution in [0.3, 0.4) is 0 Å². The van der Waals surface area contributed by atoms with Gasteiger partial charge < -0.3 is 14.9 Å². The smallest absolute Gasteiger partial charge is 0.137 e. The van der Waals surface area contributed by atoms with E-state index in [1.165, 1.54) is 5.56 Å². The van der Waals surface area contributed by atoms with Gasteiger partial charge in [0.15, 0.2) is 0 Å². The Kier molecular flexibility index (Phi) is 5.07. The van der Waals surface area contributed by atoms with E-state index in [4.69, 9.17) is 16.3 Å². The number of phenols is 1. The molecule has 2 N–H and O–H groups in total. The van der Waals surface area contributed by atoms with Gasteiger partial charge in [-0.25, -0.2) is 0 Å². The first-order valence-corrected chi connectivity index (χ1v) is 10.3. The summed E-state index contributed by atoms with van der Waals surface area (Å²) in [7, 11) is 1.60. The normalized spacial score (nSPS) is 27.2. The molecular weight excluding hydrogens is 374 g/mol. The van der Waals surface area contributed by atoms with Gasteiger partial charge in [0, 0.05) is 18.6 Å². The van der Waals surface area contributed by atoms with E-state index in [0.29, 0.717) is 41.4 Å². The number of phenolic OH excluding ortho intramolecular Hbond substituents is 1. The fraction of sp³-hybridized carbons (Fsp3) is 0.478. The van der Waals surface area contributed by atoms with E-state index in [9.17, 15) is 10.2 Å². The van der Waals surface area contributed by atoms with Crippen LogP contribution in [0.5, 0.6) is 11.5 Å². The lowest BCUT2D eigenvalue weighted by atomic mass is 9.80. The molecule has 150 valence electrons. The molecule has 0 spiro atoms. The second-order valence-electron chi connectivity index (χ2n) is 8.34. The molecule has 5 heteroatoms. The van der Waals surface area contributed by atoms with Gasteiger partial charge in [-0.05, 0) is 80.0 Å². The molecule has 2 heterocycles. The number of ether oxygens (including phenoxy) is 1. The maximum Gasteiger partial charge on any atom is 0.137 e. The van der Waals surface area contributed by atoms with Gasteiger partial charge in [0.2, 0.25) is 0 Å². The fourth-order valence-electron chi connectivity index (χ4n) is 4.99. The molecule has 2 atom stereocenters. The number of hydrogen-bond donors (Lipinski definition) is 2. The lowest BCUT2D eigenvalue weighted by Crippen LogP contribution is -2.49. The number of benzene rings is 2. The molecule has 2 aromatic rings. The number of fused-ring (bicyclic) bond motifs is 2. The van der Waals surface area contributed by atoms with Crippen molar-refractivity contribution in [2.75, 3.05) is 7.11 Å². The summed E-state index contributed by atoms with van der Waals surface area (Å²) in [5.74, 6) is 0.964. The predicted octanol–water partition coefficient (Wildman–Crippen LogP) is 4.69. The third kappa shape index (κ3) is 3.28. The zero-order valence-electron chi connectivity index (χ0n) is 16.7. The summed E-state index contributed by atoms with van der Waals surface area (Å²) in [5.41, 5.74) is 3.40.